The van der Waals surface area contributed by atoms with Crippen molar-refractivity contribution in [3.8, 4) is 11.3 Å². The molecule has 2 aliphatic heterocycles. The van der Waals surface area contributed by atoms with Crippen molar-refractivity contribution in [3.05, 3.63) is 65.4 Å². The smallest absolute Gasteiger partial charge is 0.194 e. The minimum Gasteiger partial charge on any atom is -0.394 e. The first-order valence-electron chi connectivity index (χ1n) is 13.1. The highest BCUT2D eigenvalue weighted by atomic mass is 32.2. The third-order valence-corrected chi connectivity index (χ3v) is 9.19. The monoisotopic (exact) mass is 596 g/mol. The number of ether oxygens (including phenoxy) is 3. The molecule has 14 heteroatoms. The van der Waals surface area contributed by atoms with Crippen LogP contribution in [0.1, 0.15) is 35.4 Å². The number of methoxy groups -OCH3 is 1. The number of hydrogen-bond acceptors (Lipinski definition) is 10. The van der Waals surface area contributed by atoms with Crippen LogP contribution < -0.4 is 0 Å². The summed E-state index contributed by atoms with van der Waals surface area (Å²) in [6, 6.07) is 4.33. The summed E-state index contributed by atoms with van der Waals surface area (Å²) < 4.78 is 60.0. The van der Waals surface area contributed by atoms with Crippen LogP contribution in [0.2, 0.25) is 0 Å². The highest BCUT2D eigenvalue weighted by Gasteiger charge is 2.51. The number of aryl methyl sites for hydroxylation is 1. The Bertz CT molecular complexity index is 1340. The fourth-order valence-corrected chi connectivity index (χ4v) is 7.09. The summed E-state index contributed by atoms with van der Waals surface area (Å²) in [4.78, 5) is 4.57. The van der Waals surface area contributed by atoms with Gasteiger partial charge in [0.15, 0.2) is 17.5 Å². The maximum Gasteiger partial charge on any atom is 0.194 e. The average molecular weight is 597 g/mol. The molecule has 6 atom stereocenters. The summed E-state index contributed by atoms with van der Waals surface area (Å²) in [5, 5.41) is 40.5. The molecule has 10 nitrogen and oxygen atoms in total. The van der Waals surface area contributed by atoms with Crippen molar-refractivity contribution >= 4 is 11.8 Å². The Kier molecular flexibility index (Phi) is 8.99. The Balaban J connectivity index is 1.50. The van der Waals surface area contributed by atoms with Gasteiger partial charge in [-0.05, 0) is 30.7 Å². The maximum absolute atomic E-state index is 13.9. The van der Waals surface area contributed by atoms with Gasteiger partial charge in [-0.25, -0.2) is 17.9 Å². The SMILES string of the molecule is CO[C@@H]1[C@@H](n2cc(-c3cc(F)c(F)c(F)c3)nn2)[C@@H](O)[C@@H](CO)O[C@H]1SC(c1ncccc1C)C1(O)CCOCC1. The van der Waals surface area contributed by atoms with Crippen LogP contribution in [-0.2, 0) is 14.2 Å². The van der Waals surface area contributed by atoms with Crippen LogP contribution >= 0.6 is 11.8 Å². The summed E-state index contributed by atoms with van der Waals surface area (Å²) in [5.74, 6) is -4.36. The number of nitrogens with zero attached hydrogens (tertiary/aromatic N) is 4. The van der Waals surface area contributed by atoms with Crippen molar-refractivity contribution in [1.29, 1.82) is 0 Å². The quantitative estimate of drug-likeness (QED) is 0.334. The van der Waals surface area contributed by atoms with Crippen LogP contribution in [0.5, 0.6) is 0 Å². The summed E-state index contributed by atoms with van der Waals surface area (Å²) >= 11 is 1.26. The molecular formula is C27H31F3N4O6S. The molecule has 2 aliphatic rings. The van der Waals surface area contributed by atoms with Gasteiger partial charge in [-0.2, -0.15) is 0 Å². The van der Waals surface area contributed by atoms with E-state index >= 15 is 0 Å². The zero-order valence-electron chi connectivity index (χ0n) is 22.4. The molecule has 0 bridgehead atoms. The molecule has 222 valence electrons. The molecule has 2 aromatic heterocycles. The number of halogens is 3. The van der Waals surface area contributed by atoms with Gasteiger partial charge in [-0.15, -0.1) is 16.9 Å². The zero-order chi connectivity index (χ0) is 29.3. The van der Waals surface area contributed by atoms with Gasteiger partial charge in [0, 0.05) is 44.9 Å². The number of aromatic nitrogens is 4. The van der Waals surface area contributed by atoms with Gasteiger partial charge in [0.2, 0.25) is 0 Å². The number of aliphatic hydroxyl groups is 3. The Morgan fingerprint density at radius 2 is 1.93 bits per heavy atom. The van der Waals surface area contributed by atoms with Gasteiger partial charge in [-0.3, -0.25) is 4.98 Å². The Hall–Kier alpha value is -2.59. The van der Waals surface area contributed by atoms with E-state index in [2.05, 4.69) is 15.3 Å². The second kappa shape index (κ2) is 12.3. The molecule has 41 heavy (non-hydrogen) atoms. The van der Waals surface area contributed by atoms with Crippen LogP contribution in [0.4, 0.5) is 13.2 Å². The summed E-state index contributed by atoms with van der Waals surface area (Å²) in [7, 11) is 1.42. The fraction of sp³-hybridized carbons (Fsp3) is 0.519. The molecule has 0 aliphatic carbocycles. The Morgan fingerprint density at radius 1 is 1.22 bits per heavy atom. The number of benzene rings is 1. The molecular weight excluding hydrogens is 565 g/mol. The molecule has 0 radical (unpaired) electrons. The van der Waals surface area contributed by atoms with E-state index in [9.17, 15) is 28.5 Å². The highest BCUT2D eigenvalue weighted by molar-refractivity contribution is 8.00. The topological polar surface area (TPSA) is 132 Å². The van der Waals surface area contributed by atoms with Crippen molar-refractivity contribution in [3.63, 3.8) is 0 Å². The molecule has 2 saturated heterocycles. The lowest BCUT2D eigenvalue weighted by atomic mass is 9.87. The van der Waals surface area contributed by atoms with E-state index in [0.29, 0.717) is 31.7 Å². The van der Waals surface area contributed by atoms with Crippen LogP contribution in [0.15, 0.2) is 36.7 Å². The number of thioether (sulfide) groups is 1. The van der Waals surface area contributed by atoms with Gasteiger partial charge >= 0.3 is 0 Å². The molecule has 0 saturated carbocycles. The molecule has 1 aromatic carbocycles. The van der Waals surface area contributed by atoms with Crippen molar-refractivity contribution in [2.24, 2.45) is 0 Å². The molecule has 4 heterocycles. The van der Waals surface area contributed by atoms with Gasteiger partial charge in [0.1, 0.15) is 35.5 Å². The normalized spacial score (nSPS) is 27.1. The first-order chi connectivity index (χ1) is 19.7. The molecule has 2 fully saturated rings. The van der Waals surface area contributed by atoms with Crippen LogP contribution in [0.3, 0.4) is 0 Å². The predicted molar refractivity (Wildman–Crippen MR) is 141 cm³/mol. The minimum absolute atomic E-state index is 0.0274. The average Bonchev–Trinajstić information content (AvgIpc) is 3.45. The van der Waals surface area contributed by atoms with Crippen molar-refractivity contribution in [2.75, 3.05) is 26.9 Å². The van der Waals surface area contributed by atoms with E-state index < -0.39 is 64.7 Å². The van der Waals surface area contributed by atoms with Crippen molar-refractivity contribution < 1.29 is 42.7 Å². The third kappa shape index (κ3) is 5.87. The zero-order valence-corrected chi connectivity index (χ0v) is 23.2. The molecule has 0 amide bonds. The van der Waals surface area contributed by atoms with Gasteiger partial charge in [0.05, 0.1) is 29.3 Å². The van der Waals surface area contributed by atoms with Gasteiger partial charge in [-0.1, -0.05) is 11.3 Å². The maximum atomic E-state index is 13.9. The van der Waals surface area contributed by atoms with E-state index in [4.69, 9.17) is 14.2 Å². The van der Waals surface area contributed by atoms with E-state index in [1.165, 1.54) is 29.8 Å². The van der Waals surface area contributed by atoms with E-state index in [-0.39, 0.29) is 11.3 Å². The fourth-order valence-electron chi connectivity index (χ4n) is 5.32. The standard InChI is InChI=1S/C27H31F3N4O6S/c1-14-4-3-7-31-21(14)25(27(37)5-8-39-9-6-27)41-26-24(38-2)22(23(36)19(13-35)40-26)34-12-18(32-33-34)15-10-16(28)20(30)17(29)11-15/h3-4,7,10-12,19,22-26,35-37H,5-6,8-9,13H2,1-2H3/t19-,22+,23+,24-,25?,26+/m1/s1. The molecule has 5 rings (SSSR count). The molecule has 3 aromatic rings. The van der Waals surface area contributed by atoms with E-state index in [0.717, 1.165) is 17.7 Å². The number of aliphatic hydroxyl groups excluding tert-OH is 2. The number of hydrogen-bond donors (Lipinski definition) is 3. The van der Waals surface area contributed by atoms with E-state index in [1.54, 1.807) is 12.3 Å². The largest absolute Gasteiger partial charge is 0.394 e. The Labute approximate surface area is 238 Å². The molecule has 1 unspecified atom stereocenters. The molecule has 0 spiro atoms. The second-order valence-electron chi connectivity index (χ2n) is 10.2. The predicted octanol–water partition coefficient (Wildman–Crippen LogP) is 2.72. The summed E-state index contributed by atoms with van der Waals surface area (Å²) in [5.41, 5.74) is -0.533. The molecule has 3 N–H and O–H groups in total. The minimum atomic E-state index is -1.60. The van der Waals surface area contributed by atoms with E-state index in [1.807, 2.05) is 13.0 Å². The van der Waals surface area contributed by atoms with Crippen LogP contribution in [0.25, 0.3) is 11.3 Å². The lowest BCUT2D eigenvalue weighted by Crippen LogP contribution is -2.56. The summed E-state index contributed by atoms with van der Waals surface area (Å²) in [6.45, 7) is 2.10. The first kappa shape index (κ1) is 29.9. The summed E-state index contributed by atoms with van der Waals surface area (Å²) in [6.07, 6.45) is 0.445. The van der Waals surface area contributed by atoms with Crippen molar-refractivity contribution in [2.45, 2.75) is 60.4 Å². The number of pyridine rings is 1. The van der Waals surface area contributed by atoms with Gasteiger partial charge < -0.3 is 29.5 Å². The first-order valence-corrected chi connectivity index (χ1v) is 14.0. The van der Waals surface area contributed by atoms with Gasteiger partial charge in [0.25, 0.3) is 0 Å². The van der Waals surface area contributed by atoms with Crippen molar-refractivity contribution in [1.82, 2.24) is 20.0 Å². The lowest BCUT2D eigenvalue weighted by Gasteiger charge is -2.46. The van der Waals surface area contributed by atoms with Crippen LogP contribution in [-0.4, -0.2) is 91.6 Å². The van der Waals surface area contributed by atoms with Crippen LogP contribution in [0, 0.1) is 24.4 Å². The second-order valence-corrected chi connectivity index (χ2v) is 11.4. The Morgan fingerprint density at radius 3 is 2.56 bits per heavy atom. The highest BCUT2D eigenvalue weighted by Crippen LogP contribution is 2.49. The number of rotatable bonds is 8. The third-order valence-electron chi connectivity index (χ3n) is 7.61. The lowest BCUT2D eigenvalue weighted by molar-refractivity contribution is -0.186.